The van der Waals surface area contributed by atoms with Crippen LogP contribution in [0.2, 0.25) is 0 Å². The molecule has 0 bridgehead atoms. The highest BCUT2D eigenvalue weighted by Crippen LogP contribution is 2.47. The topological polar surface area (TPSA) is 17.1 Å². The van der Waals surface area contributed by atoms with Crippen LogP contribution in [0.3, 0.4) is 0 Å². The molecule has 0 heterocycles. The van der Waals surface area contributed by atoms with Gasteiger partial charge in [0.2, 0.25) is 0 Å². The minimum absolute atomic E-state index is 0.217. The maximum atomic E-state index is 13.2. The van der Waals surface area contributed by atoms with E-state index < -0.39 is 7.14 Å². The molecule has 0 saturated heterocycles. The van der Waals surface area contributed by atoms with E-state index in [4.69, 9.17) is 0 Å². The Balaban J connectivity index is 1.41. The second-order valence-electron chi connectivity index (χ2n) is 14.7. The Labute approximate surface area is 313 Å². The molecule has 0 aliphatic carbocycles. The molecule has 1 nitrogen and oxygen atoms in total. The Kier molecular flexibility index (Phi) is 8.39. The van der Waals surface area contributed by atoms with Gasteiger partial charge in [0.1, 0.15) is 7.14 Å². The van der Waals surface area contributed by atoms with Gasteiger partial charge < -0.3 is 4.57 Å². The van der Waals surface area contributed by atoms with Crippen LogP contribution in [-0.4, -0.2) is 26.7 Å². The van der Waals surface area contributed by atoms with Crippen LogP contribution < -0.4 is 10.6 Å². The summed E-state index contributed by atoms with van der Waals surface area (Å²) >= 11 is 0. The lowest BCUT2D eigenvalue weighted by molar-refractivity contribution is 0.588. The zero-order valence-corrected chi connectivity index (χ0v) is 32.3. The monoisotopic (exact) mass is 718 g/mol. The fraction of sp³-hybridized carbons (Fsp3) is 0.0800. The first-order chi connectivity index (χ1) is 25.7. The molecule has 0 aliphatic heterocycles. The van der Waals surface area contributed by atoms with E-state index >= 15 is 0 Å². The molecule has 256 valence electrons. The maximum absolute atomic E-state index is 13.2. The molecule has 0 aliphatic rings. The van der Waals surface area contributed by atoms with E-state index in [0.717, 1.165) is 16.4 Å². The normalized spacial score (nSPS) is 12.0. The molecular formula is C50H40OP2. The Morgan fingerprint density at radius 3 is 1.34 bits per heavy atom. The number of fused-ring (bicyclic) bond motifs is 4. The average molecular weight is 719 g/mol. The summed E-state index contributed by atoms with van der Waals surface area (Å²) in [6.07, 6.45) is 0. The number of rotatable bonds is 6. The molecule has 0 saturated carbocycles. The molecule has 0 amide bonds. The SMILES string of the molecule is CP(C)c1cccc(-c2ccc3c(-c4ccc5ccccc5c4)c4cc(-c5cccc(P(C)(C)=O)c5)ccc4c(-c4ccc5ccccc5c4)c3c2)c1. The predicted molar refractivity (Wildman–Crippen MR) is 236 cm³/mol. The van der Waals surface area contributed by atoms with Crippen LogP contribution in [0, 0.1) is 0 Å². The number of hydrogen-bond donors (Lipinski definition) is 0. The molecule has 0 atom stereocenters. The molecule has 0 spiro atoms. The maximum Gasteiger partial charge on any atom is 0.109 e. The molecule has 0 unspecified atom stereocenters. The fourth-order valence-electron chi connectivity index (χ4n) is 7.88. The fourth-order valence-corrected chi connectivity index (χ4v) is 9.56. The van der Waals surface area contributed by atoms with Gasteiger partial charge in [0.25, 0.3) is 0 Å². The number of hydrogen-bond acceptors (Lipinski definition) is 1. The largest absolute Gasteiger partial charge is 0.319 e. The van der Waals surface area contributed by atoms with E-state index in [-0.39, 0.29) is 7.92 Å². The second-order valence-corrected chi connectivity index (χ2v) is 20.3. The summed E-state index contributed by atoms with van der Waals surface area (Å²) in [5.74, 6) is 0. The highest BCUT2D eigenvalue weighted by molar-refractivity contribution is 7.70. The zero-order chi connectivity index (χ0) is 36.3. The van der Waals surface area contributed by atoms with Gasteiger partial charge in [-0.3, -0.25) is 0 Å². The van der Waals surface area contributed by atoms with Crippen molar-refractivity contribution in [3.63, 3.8) is 0 Å². The molecule has 0 fully saturated rings. The lowest BCUT2D eigenvalue weighted by atomic mass is 9.83. The predicted octanol–water partition coefficient (Wildman–Crippen LogP) is 13.6. The van der Waals surface area contributed by atoms with Gasteiger partial charge in [-0.25, -0.2) is 0 Å². The van der Waals surface area contributed by atoms with E-state index in [9.17, 15) is 4.57 Å². The summed E-state index contributed by atoms with van der Waals surface area (Å²) in [7, 11) is -2.65. The Bertz CT molecular complexity index is 2930. The van der Waals surface area contributed by atoms with Gasteiger partial charge in [0.15, 0.2) is 0 Å². The van der Waals surface area contributed by atoms with Crippen LogP contribution in [0.5, 0.6) is 0 Å². The van der Waals surface area contributed by atoms with Crippen molar-refractivity contribution in [1.29, 1.82) is 0 Å². The summed E-state index contributed by atoms with van der Waals surface area (Å²) in [6.45, 7) is 8.34. The molecular weight excluding hydrogens is 678 g/mol. The minimum Gasteiger partial charge on any atom is -0.319 e. The van der Waals surface area contributed by atoms with Gasteiger partial charge in [-0.2, -0.15) is 0 Å². The standard InChI is InChI=1S/C50H40OP2/c1-52(2)43-17-9-15-37(29-43)39-23-25-45-47(31-39)49(41-21-19-33-11-5-7-13-35(33)27-41)46-26-24-40(38-16-10-18-44(30-38)53(3,4)51)32-48(46)50(45)42-22-20-34-12-6-8-14-36(34)28-42/h5-32H,1-4H3. The van der Waals surface area contributed by atoms with Gasteiger partial charge >= 0.3 is 0 Å². The summed E-state index contributed by atoms with van der Waals surface area (Å²) < 4.78 is 13.2. The van der Waals surface area contributed by atoms with E-state index in [1.807, 2.05) is 25.5 Å². The molecule has 9 rings (SSSR count). The Morgan fingerprint density at radius 2 is 0.830 bits per heavy atom. The van der Waals surface area contributed by atoms with Crippen LogP contribution in [0.25, 0.3) is 87.6 Å². The summed E-state index contributed by atoms with van der Waals surface area (Å²) in [4.78, 5) is 0. The second kappa shape index (κ2) is 13.3. The smallest absolute Gasteiger partial charge is 0.109 e. The van der Waals surface area contributed by atoms with Crippen molar-refractivity contribution in [2.24, 2.45) is 0 Å². The van der Waals surface area contributed by atoms with Gasteiger partial charge in [-0.05, 0) is 156 Å². The third kappa shape index (κ3) is 6.19. The lowest BCUT2D eigenvalue weighted by Gasteiger charge is -2.20. The van der Waals surface area contributed by atoms with E-state index in [1.54, 1.807) is 0 Å². The van der Waals surface area contributed by atoms with Gasteiger partial charge in [0.05, 0.1) is 0 Å². The summed E-state index contributed by atoms with van der Waals surface area (Å²) in [5, 5.41) is 12.1. The van der Waals surface area contributed by atoms with Crippen LogP contribution in [-0.2, 0) is 4.57 Å². The van der Waals surface area contributed by atoms with Gasteiger partial charge in [0, 0.05) is 5.30 Å². The summed E-state index contributed by atoms with van der Waals surface area (Å²) in [5.41, 5.74) is 9.52. The van der Waals surface area contributed by atoms with Crippen molar-refractivity contribution in [3.8, 4) is 44.5 Å². The average Bonchev–Trinajstić information content (AvgIpc) is 3.19. The number of benzene rings is 9. The molecule has 9 aromatic carbocycles. The molecule has 3 heteroatoms. The highest BCUT2D eigenvalue weighted by atomic mass is 31.2. The van der Waals surface area contributed by atoms with Crippen molar-refractivity contribution in [2.75, 3.05) is 26.7 Å². The van der Waals surface area contributed by atoms with E-state index in [0.29, 0.717) is 0 Å². The molecule has 0 radical (unpaired) electrons. The first-order valence-electron chi connectivity index (χ1n) is 18.2. The lowest BCUT2D eigenvalue weighted by Crippen LogP contribution is -2.02. The van der Waals surface area contributed by atoms with Crippen molar-refractivity contribution in [1.82, 2.24) is 0 Å². The van der Waals surface area contributed by atoms with Crippen molar-refractivity contribution < 1.29 is 4.57 Å². The Morgan fingerprint density at radius 1 is 0.377 bits per heavy atom. The summed E-state index contributed by atoms with van der Waals surface area (Å²) in [6, 6.07) is 62.4. The molecule has 53 heavy (non-hydrogen) atoms. The Hall–Kier alpha value is -5.32. The van der Waals surface area contributed by atoms with Crippen LogP contribution in [0.1, 0.15) is 0 Å². The third-order valence-electron chi connectivity index (χ3n) is 10.7. The van der Waals surface area contributed by atoms with Crippen molar-refractivity contribution >= 4 is 68.8 Å². The van der Waals surface area contributed by atoms with Crippen LogP contribution >= 0.6 is 15.1 Å². The van der Waals surface area contributed by atoms with Crippen molar-refractivity contribution in [3.05, 3.63) is 170 Å². The van der Waals surface area contributed by atoms with E-state index in [2.05, 4.69) is 171 Å². The molecule has 9 aromatic rings. The minimum atomic E-state index is -2.43. The van der Waals surface area contributed by atoms with Crippen molar-refractivity contribution in [2.45, 2.75) is 0 Å². The molecule has 0 N–H and O–H groups in total. The molecule has 0 aromatic heterocycles. The van der Waals surface area contributed by atoms with E-state index in [1.165, 1.54) is 81.8 Å². The zero-order valence-electron chi connectivity index (χ0n) is 30.5. The van der Waals surface area contributed by atoms with Gasteiger partial charge in [-0.1, -0.05) is 141 Å². The van der Waals surface area contributed by atoms with Crippen LogP contribution in [0.15, 0.2) is 170 Å². The first-order valence-corrected chi connectivity index (χ1v) is 23.0. The van der Waals surface area contributed by atoms with Crippen LogP contribution in [0.4, 0.5) is 0 Å². The first kappa shape index (κ1) is 33.5. The highest BCUT2D eigenvalue weighted by Gasteiger charge is 2.20. The van der Waals surface area contributed by atoms with Gasteiger partial charge in [-0.15, -0.1) is 0 Å². The quantitative estimate of drug-likeness (QED) is 0.124. The third-order valence-corrected chi connectivity index (χ3v) is 13.5.